The van der Waals surface area contributed by atoms with Crippen molar-refractivity contribution < 1.29 is 23.2 Å². The molecule has 3 heterocycles. The molecule has 0 bridgehead atoms. The molecule has 1 unspecified atom stereocenters. The van der Waals surface area contributed by atoms with Crippen molar-refractivity contribution in [2.24, 2.45) is 12.2 Å². The molecular formula is C20H17ClFN5O4. The highest BCUT2D eigenvalue weighted by Crippen LogP contribution is 2.26. The second-order valence-corrected chi connectivity index (χ2v) is 7.16. The van der Waals surface area contributed by atoms with Gasteiger partial charge in [-0.2, -0.15) is 5.10 Å². The first-order valence-electron chi connectivity index (χ1n) is 9.24. The van der Waals surface area contributed by atoms with Crippen molar-refractivity contribution in [3.05, 3.63) is 70.6 Å². The minimum Gasteiger partial charge on any atom is -0.467 e. The molecular weight excluding hydrogens is 429 g/mol. The summed E-state index contributed by atoms with van der Waals surface area (Å²) in [6.07, 6.45) is 2.00. The maximum absolute atomic E-state index is 14.1. The van der Waals surface area contributed by atoms with Crippen LogP contribution in [0.2, 0.25) is 5.02 Å². The Morgan fingerprint density at radius 1 is 1.32 bits per heavy atom. The van der Waals surface area contributed by atoms with Crippen molar-refractivity contribution in [1.82, 2.24) is 15.1 Å². The Balaban J connectivity index is 1.42. The molecule has 0 fully saturated rings. The number of carbonyl (C=O) groups excluding carboxylic acids is 2. The molecule has 1 aromatic carbocycles. The second-order valence-electron chi connectivity index (χ2n) is 6.75. The average molecular weight is 446 g/mol. The summed E-state index contributed by atoms with van der Waals surface area (Å²) in [5.41, 5.74) is 0.550. The van der Waals surface area contributed by atoms with Gasteiger partial charge in [0.2, 0.25) is 6.10 Å². The van der Waals surface area contributed by atoms with Crippen LogP contribution in [0.3, 0.4) is 0 Å². The Morgan fingerprint density at radius 2 is 2.16 bits per heavy atom. The SMILES string of the molecule is Cn1cc(NC(=O)C2CC(c3c(F)cccc3Cl)=NO2)c(C(=O)NCc2ccco2)n1. The lowest BCUT2D eigenvalue weighted by molar-refractivity contribution is -0.125. The van der Waals surface area contributed by atoms with Gasteiger partial charge in [0, 0.05) is 19.7 Å². The van der Waals surface area contributed by atoms with Crippen LogP contribution in [-0.2, 0) is 23.2 Å². The van der Waals surface area contributed by atoms with Gasteiger partial charge < -0.3 is 19.9 Å². The lowest BCUT2D eigenvalue weighted by atomic mass is 10.0. The van der Waals surface area contributed by atoms with Crippen LogP contribution in [-0.4, -0.2) is 33.4 Å². The van der Waals surface area contributed by atoms with Gasteiger partial charge in [-0.3, -0.25) is 14.3 Å². The van der Waals surface area contributed by atoms with E-state index in [2.05, 4.69) is 20.9 Å². The molecule has 11 heteroatoms. The first kappa shape index (κ1) is 20.6. The Kier molecular flexibility index (Phi) is 5.72. The molecule has 2 aromatic heterocycles. The van der Waals surface area contributed by atoms with E-state index in [0.717, 1.165) is 0 Å². The number of nitrogens with one attached hydrogen (secondary N) is 2. The van der Waals surface area contributed by atoms with Crippen LogP contribution in [0.1, 0.15) is 28.2 Å². The third kappa shape index (κ3) is 4.43. The Bertz CT molecular complexity index is 1140. The molecule has 0 saturated carbocycles. The fourth-order valence-corrected chi connectivity index (χ4v) is 3.34. The molecule has 1 aliphatic rings. The van der Waals surface area contributed by atoms with E-state index in [1.165, 1.54) is 35.3 Å². The number of anilines is 1. The number of hydrogen-bond acceptors (Lipinski definition) is 6. The number of halogens is 2. The predicted octanol–water partition coefficient (Wildman–Crippen LogP) is 2.87. The van der Waals surface area contributed by atoms with E-state index in [-0.39, 0.29) is 40.6 Å². The van der Waals surface area contributed by atoms with Gasteiger partial charge in [0.1, 0.15) is 11.6 Å². The second kappa shape index (κ2) is 8.60. The van der Waals surface area contributed by atoms with Gasteiger partial charge in [0.15, 0.2) is 5.69 Å². The molecule has 160 valence electrons. The molecule has 4 rings (SSSR count). The molecule has 0 spiro atoms. The lowest BCUT2D eigenvalue weighted by Crippen LogP contribution is -2.30. The van der Waals surface area contributed by atoms with Crippen LogP contribution in [0.25, 0.3) is 0 Å². The maximum Gasteiger partial charge on any atom is 0.274 e. The smallest absolute Gasteiger partial charge is 0.274 e. The predicted molar refractivity (Wildman–Crippen MR) is 109 cm³/mol. The first-order chi connectivity index (χ1) is 14.9. The average Bonchev–Trinajstić information content (AvgIpc) is 3.47. The van der Waals surface area contributed by atoms with Gasteiger partial charge in [-0.15, -0.1) is 0 Å². The highest BCUT2D eigenvalue weighted by molar-refractivity contribution is 6.34. The zero-order valence-corrected chi connectivity index (χ0v) is 17.0. The summed E-state index contributed by atoms with van der Waals surface area (Å²) in [6, 6.07) is 7.68. The van der Waals surface area contributed by atoms with E-state index in [1.54, 1.807) is 19.2 Å². The summed E-state index contributed by atoms with van der Waals surface area (Å²) in [4.78, 5) is 30.3. The first-order valence-corrected chi connectivity index (χ1v) is 9.62. The third-order valence-corrected chi connectivity index (χ3v) is 4.83. The Hall–Kier alpha value is -3.66. The van der Waals surface area contributed by atoms with Crippen LogP contribution in [0.15, 0.2) is 52.4 Å². The highest BCUT2D eigenvalue weighted by atomic mass is 35.5. The number of carbonyl (C=O) groups is 2. The summed E-state index contributed by atoms with van der Waals surface area (Å²) in [5, 5.41) is 13.4. The minimum absolute atomic E-state index is 0.0206. The van der Waals surface area contributed by atoms with Crippen LogP contribution >= 0.6 is 11.6 Å². The number of oxime groups is 1. The summed E-state index contributed by atoms with van der Waals surface area (Å²) in [6.45, 7) is 0.169. The topological polar surface area (TPSA) is 111 Å². The number of hydrogen-bond donors (Lipinski definition) is 2. The van der Waals surface area contributed by atoms with Gasteiger partial charge in [-0.1, -0.05) is 22.8 Å². The van der Waals surface area contributed by atoms with Gasteiger partial charge in [-0.05, 0) is 24.3 Å². The Morgan fingerprint density at radius 3 is 2.90 bits per heavy atom. The number of furan rings is 1. The number of aryl methyl sites for hydroxylation is 1. The quantitative estimate of drug-likeness (QED) is 0.606. The monoisotopic (exact) mass is 445 g/mol. The summed E-state index contributed by atoms with van der Waals surface area (Å²) in [5.74, 6) is -1.03. The van der Waals surface area contributed by atoms with Crippen molar-refractivity contribution in [3.63, 3.8) is 0 Å². The largest absolute Gasteiger partial charge is 0.467 e. The van der Waals surface area contributed by atoms with Crippen LogP contribution in [0, 0.1) is 5.82 Å². The highest BCUT2D eigenvalue weighted by Gasteiger charge is 2.32. The molecule has 0 aliphatic carbocycles. The fourth-order valence-electron chi connectivity index (χ4n) is 3.06. The van der Waals surface area contributed by atoms with Gasteiger partial charge in [-0.25, -0.2) is 4.39 Å². The van der Waals surface area contributed by atoms with Crippen LogP contribution in [0.4, 0.5) is 10.1 Å². The molecule has 31 heavy (non-hydrogen) atoms. The van der Waals surface area contributed by atoms with Crippen molar-refractivity contribution >= 4 is 34.8 Å². The van der Waals surface area contributed by atoms with Gasteiger partial charge in [0.25, 0.3) is 11.8 Å². The van der Waals surface area contributed by atoms with Crippen molar-refractivity contribution in [2.45, 2.75) is 19.1 Å². The maximum atomic E-state index is 14.1. The minimum atomic E-state index is -1.01. The number of aromatic nitrogens is 2. The molecule has 0 saturated heterocycles. The number of amides is 2. The van der Waals surface area contributed by atoms with E-state index in [4.69, 9.17) is 20.9 Å². The van der Waals surface area contributed by atoms with E-state index < -0.39 is 23.7 Å². The normalized spacial score (nSPS) is 15.3. The standard InChI is InChI=1S/C20H17ClFN5O4/c1-27-10-15(18(25-27)20(29)23-9-11-4-3-7-30-11)24-19(28)16-8-14(26-31-16)17-12(21)5-2-6-13(17)22/h2-7,10,16H,8-9H2,1H3,(H,23,29)(H,24,28). The summed E-state index contributed by atoms with van der Waals surface area (Å²) < 4.78 is 20.7. The van der Waals surface area contributed by atoms with Crippen molar-refractivity contribution in [3.8, 4) is 0 Å². The molecule has 2 amide bonds. The fraction of sp³-hybridized carbons (Fsp3) is 0.200. The zero-order valence-electron chi connectivity index (χ0n) is 16.3. The summed E-state index contributed by atoms with van der Waals surface area (Å²) in [7, 11) is 1.62. The molecule has 1 atom stereocenters. The molecule has 3 aromatic rings. The third-order valence-electron chi connectivity index (χ3n) is 4.52. The van der Waals surface area contributed by atoms with E-state index in [9.17, 15) is 14.0 Å². The number of rotatable bonds is 6. The zero-order chi connectivity index (χ0) is 22.0. The molecule has 0 radical (unpaired) electrons. The van der Waals surface area contributed by atoms with Gasteiger partial charge in [0.05, 0.1) is 34.8 Å². The summed E-state index contributed by atoms with van der Waals surface area (Å²) >= 11 is 6.05. The number of nitrogens with zero attached hydrogens (tertiary/aromatic N) is 3. The number of benzene rings is 1. The Labute approximate surface area is 180 Å². The van der Waals surface area contributed by atoms with Crippen molar-refractivity contribution in [2.75, 3.05) is 5.32 Å². The van der Waals surface area contributed by atoms with Crippen LogP contribution in [0.5, 0.6) is 0 Å². The molecule has 9 nitrogen and oxygen atoms in total. The van der Waals surface area contributed by atoms with E-state index in [1.807, 2.05) is 0 Å². The molecule has 2 N–H and O–H groups in total. The van der Waals surface area contributed by atoms with Gasteiger partial charge >= 0.3 is 0 Å². The van der Waals surface area contributed by atoms with Crippen LogP contribution < -0.4 is 10.6 Å². The van der Waals surface area contributed by atoms with E-state index in [0.29, 0.717) is 5.76 Å². The lowest BCUT2D eigenvalue weighted by Gasteiger charge is -2.09. The van der Waals surface area contributed by atoms with E-state index >= 15 is 0 Å². The molecule has 1 aliphatic heterocycles. The van der Waals surface area contributed by atoms with Crippen molar-refractivity contribution in [1.29, 1.82) is 0 Å².